The van der Waals surface area contributed by atoms with Crippen molar-refractivity contribution in [2.75, 3.05) is 37.7 Å². The molecule has 3 heterocycles. The van der Waals surface area contributed by atoms with Gasteiger partial charge in [-0.25, -0.2) is 4.39 Å². The Bertz CT molecular complexity index is 1560. The summed E-state index contributed by atoms with van der Waals surface area (Å²) < 4.78 is 22.0. The van der Waals surface area contributed by atoms with E-state index in [-0.39, 0.29) is 30.1 Å². The molecule has 1 unspecified atom stereocenters. The number of hydrogen-bond donors (Lipinski definition) is 2. The molecule has 1 saturated heterocycles. The summed E-state index contributed by atoms with van der Waals surface area (Å²) in [7, 11) is 3.56. The lowest BCUT2D eigenvalue weighted by molar-refractivity contribution is 0.0707. The van der Waals surface area contributed by atoms with Crippen LogP contribution < -0.4 is 15.4 Å². The van der Waals surface area contributed by atoms with E-state index in [4.69, 9.17) is 10.2 Å². The molecule has 3 N–H and O–H groups in total. The highest BCUT2D eigenvalue weighted by Gasteiger charge is 2.30. The Balaban J connectivity index is 1.59. The van der Waals surface area contributed by atoms with Gasteiger partial charge < -0.3 is 24.7 Å². The molecule has 2 aromatic heterocycles. The molecule has 0 radical (unpaired) electrons. The number of halogens is 1. The molecule has 208 valence electrons. The van der Waals surface area contributed by atoms with Gasteiger partial charge in [-0.2, -0.15) is 0 Å². The summed E-state index contributed by atoms with van der Waals surface area (Å²) in [5.74, 6) is -0.267. The average molecular weight is 562 g/mol. The van der Waals surface area contributed by atoms with Gasteiger partial charge in [-0.3, -0.25) is 14.6 Å². The zero-order valence-corrected chi connectivity index (χ0v) is 23.6. The van der Waals surface area contributed by atoms with Crippen LogP contribution in [-0.4, -0.2) is 55.1 Å². The Labute approximate surface area is 236 Å². The first-order valence-corrected chi connectivity index (χ1v) is 14.3. The summed E-state index contributed by atoms with van der Waals surface area (Å²) in [6.45, 7) is 1.47. The lowest BCUT2D eigenvalue weighted by Gasteiger charge is -2.35. The van der Waals surface area contributed by atoms with Crippen molar-refractivity contribution in [3.8, 4) is 11.3 Å². The van der Waals surface area contributed by atoms with E-state index in [1.807, 2.05) is 30.3 Å². The SMILES string of the molecule is CNC(=O)c1c(-c2ccc(F)cc2)oc2cc(N(C)SC)c(C3CCCN(C(=O)c4ccnc(CN)c4)C3)cc12. The Kier molecular flexibility index (Phi) is 8.09. The smallest absolute Gasteiger partial charge is 0.255 e. The molecule has 1 aliphatic heterocycles. The summed E-state index contributed by atoms with van der Waals surface area (Å²) in [5.41, 5.74) is 10.6. The summed E-state index contributed by atoms with van der Waals surface area (Å²) in [6, 6.07) is 13.4. The number of fused-ring (bicyclic) bond motifs is 1. The number of benzene rings is 2. The number of aromatic nitrogens is 1. The van der Waals surface area contributed by atoms with Crippen LogP contribution in [0.4, 0.5) is 10.1 Å². The van der Waals surface area contributed by atoms with Crippen molar-refractivity contribution >= 4 is 40.4 Å². The van der Waals surface area contributed by atoms with Gasteiger partial charge in [-0.05, 0) is 60.9 Å². The van der Waals surface area contributed by atoms with Crippen LogP contribution in [0, 0.1) is 5.82 Å². The number of nitrogens with one attached hydrogen (secondary N) is 1. The van der Waals surface area contributed by atoms with Crippen LogP contribution in [0.25, 0.3) is 22.3 Å². The number of amides is 2. The first-order chi connectivity index (χ1) is 19.3. The fraction of sp³-hybridized carbons (Fsp3) is 0.300. The number of rotatable bonds is 7. The molecule has 0 bridgehead atoms. The second-order valence-corrected chi connectivity index (χ2v) is 10.7. The maximum atomic E-state index is 13.7. The number of carbonyl (C=O) groups excluding carboxylic acids is 2. The number of pyridine rings is 1. The van der Waals surface area contributed by atoms with Crippen LogP contribution in [0.1, 0.15) is 50.7 Å². The predicted molar refractivity (Wildman–Crippen MR) is 157 cm³/mol. The van der Waals surface area contributed by atoms with E-state index in [0.717, 1.165) is 24.1 Å². The van der Waals surface area contributed by atoms with Crippen molar-refractivity contribution in [1.29, 1.82) is 0 Å². The number of carbonyl (C=O) groups is 2. The van der Waals surface area contributed by atoms with Crippen LogP contribution in [0.2, 0.25) is 0 Å². The molecule has 0 saturated carbocycles. The molecule has 1 aliphatic rings. The zero-order chi connectivity index (χ0) is 28.4. The lowest BCUT2D eigenvalue weighted by atomic mass is 9.87. The van der Waals surface area contributed by atoms with E-state index in [1.165, 1.54) is 12.1 Å². The summed E-state index contributed by atoms with van der Waals surface area (Å²) in [5, 5.41) is 3.40. The number of nitrogens with two attached hydrogens (primary N) is 1. The zero-order valence-electron chi connectivity index (χ0n) is 22.7. The molecule has 10 heteroatoms. The first-order valence-electron chi connectivity index (χ1n) is 13.1. The highest BCUT2D eigenvalue weighted by atomic mass is 32.2. The van der Waals surface area contributed by atoms with Crippen molar-refractivity contribution < 1.29 is 18.4 Å². The highest BCUT2D eigenvalue weighted by Crippen LogP contribution is 2.42. The van der Waals surface area contributed by atoms with Gasteiger partial charge in [-0.1, -0.05) is 11.9 Å². The highest BCUT2D eigenvalue weighted by molar-refractivity contribution is 7.99. The van der Waals surface area contributed by atoms with Gasteiger partial charge in [0.05, 0.1) is 16.9 Å². The molecule has 2 aromatic carbocycles. The van der Waals surface area contributed by atoms with E-state index >= 15 is 0 Å². The summed E-state index contributed by atoms with van der Waals surface area (Å²) >= 11 is 1.56. The number of piperidine rings is 1. The van der Waals surface area contributed by atoms with E-state index in [1.54, 1.807) is 49.5 Å². The fourth-order valence-electron chi connectivity index (χ4n) is 5.32. The summed E-state index contributed by atoms with van der Waals surface area (Å²) in [4.78, 5) is 32.7. The molecule has 4 aromatic rings. The molecule has 1 atom stereocenters. The maximum Gasteiger partial charge on any atom is 0.255 e. The third-order valence-corrected chi connectivity index (χ3v) is 8.18. The van der Waals surface area contributed by atoms with Gasteiger partial charge >= 0.3 is 0 Å². The van der Waals surface area contributed by atoms with Crippen molar-refractivity contribution in [1.82, 2.24) is 15.2 Å². The first kappa shape index (κ1) is 27.7. The molecule has 1 fully saturated rings. The van der Waals surface area contributed by atoms with Crippen LogP contribution in [0.15, 0.2) is 59.1 Å². The van der Waals surface area contributed by atoms with Crippen LogP contribution in [-0.2, 0) is 6.54 Å². The van der Waals surface area contributed by atoms with Gasteiger partial charge in [0.2, 0.25) is 0 Å². The van der Waals surface area contributed by atoms with Gasteiger partial charge in [0.25, 0.3) is 11.8 Å². The van der Waals surface area contributed by atoms with Gasteiger partial charge in [0.1, 0.15) is 17.2 Å². The normalized spacial score (nSPS) is 15.3. The van der Waals surface area contributed by atoms with Crippen molar-refractivity contribution in [3.05, 3.63) is 82.9 Å². The van der Waals surface area contributed by atoms with Crippen LogP contribution in [0.5, 0.6) is 0 Å². The molecular weight excluding hydrogens is 529 g/mol. The number of likely N-dealkylation sites (tertiary alicyclic amines) is 1. The maximum absolute atomic E-state index is 13.7. The lowest BCUT2D eigenvalue weighted by Crippen LogP contribution is -2.39. The van der Waals surface area contributed by atoms with Crippen molar-refractivity contribution in [3.63, 3.8) is 0 Å². The largest absolute Gasteiger partial charge is 0.455 e. The standard InChI is InChI=1S/C30H32FN5O3S/c1-33-29(37)27-24-14-23(20-5-4-12-36(17-20)30(38)19-10-11-34-22(13-19)16-32)25(35(2)40-3)15-26(24)39-28(27)18-6-8-21(31)9-7-18/h6-11,13-15,20H,4-5,12,16-17,32H2,1-3H3,(H,33,37). The van der Waals surface area contributed by atoms with E-state index in [2.05, 4.69) is 14.6 Å². The number of hydrogen-bond acceptors (Lipinski definition) is 7. The molecule has 40 heavy (non-hydrogen) atoms. The third kappa shape index (κ3) is 5.29. The minimum atomic E-state index is -0.366. The number of nitrogens with zero attached hydrogens (tertiary/aromatic N) is 3. The molecular formula is C30H32FN5O3S. The topological polar surface area (TPSA) is 105 Å². The molecule has 0 aliphatic carbocycles. The Morgan fingerprint density at radius 1 is 1.23 bits per heavy atom. The van der Waals surface area contributed by atoms with Crippen LogP contribution in [0.3, 0.4) is 0 Å². The van der Waals surface area contributed by atoms with E-state index in [0.29, 0.717) is 52.2 Å². The van der Waals surface area contributed by atoms with Crippen molar-refractivity contribution in [2.24, 2.45) is 5.73 Å². The molecule has 8 nitrogen and oxygen atoms in total. The average Bonchev–Trinajstić information content (AvgIpc) is 3.38. The monoisotopic (exact) mass is 561 g/mol. The van der Waals surface area contributed by atoms with Crippen LogP contribution >= 0.6 is 11.9 Å². The van der Waals surface area contributed by atoms with E-state index < -0.39 is 0 Å². The third-order valence-electron chi connectivity index (χ3n) is 7.43. The van der Waals surface area contributed by atoms with E-state index in [9.17, 15) is 14.0 Å². The Morgan fingerprint density at radius 3 is 2.70 bits per heavy atom. The molecule has 5 rings (SSSR count). The Morgan fingerprint density at radius 2 is 2.00 bits per heavy atom. The predicted octanol–water partition coefficient (Wildman–Crippen LogP) is 5.19. The minimum Gasteiger partial charge on any atom is -0.455 e. The molecule has 2 amide bonds. The van der Waals surface area contributed by atoms with Crippen molar-refractivity contribution in [2.45, 2.75) is 25.3 Å². The molecule has 0 spiro atoms. The fourth-order valence-corrected chi connectivity index (χ4v) is 5.68. The second kappa shape index (κ2) is 11.7. The quantitative estimate of drug-likeness (QED) is 0.299. The van der Waals surface area contributed by atoms with Gasteiger partial charge in [0.15, 0.2) is 0 Å². The Hall–Kier alpha value is -3.89. The van der Waals surface area contributed by atoms with Gasteiger partial charge in [-0.15, -0.1) is 0 Å². The number of furan rings is 1. The number of anilines is 1. The minimum absolute atomic E-state index is 0.0456. The second-order valence-electron chi connectivity index (χ2n) is 9.81. The summed E-state index contributed by atoms with van der Waals surface area (Å²) in [6.07, 6.45) is 5.35. The van der Waals surface area contributed by atoms with Gasteiger partial charge in [0, 0.05) is 74.7 Å².